The minimum Gasteiger partial charge on any atom is -0.325 e. The van der Waals surface area contributed by atoms with Crippen molar-refractivity contribution in [2.45, 2.75) is 18.1 Å². The standard InChI is InChI=1S/C9H9F2N.ClH/c10-7-3-1-6(2-4-7)9(11)5-8(9)12;/h1-4,8H,5,12H2;1H/t8-,9-;/m0./s1. The van der Waals surface area contributed by atoms with Gasteiger partial charge in [0.15, 0.2) is 5.67 Å². The quantitative estimate of drug-likeness (QED) is 0.747. The molecule has 1 fully saturated rings. The van der Waals surface area contributed by atoms with E-state index in [9.17, 15) is 8.78 Å². The zero-order valence-electron chi connectivity index (χ0n) is 6.84. The fourth-order valence-corrected chi connectivity index (χ4v) is 1.32. The van der Waals surface area contributed by atoms with Gasteiger partial charge < -0.3 is 5.73 Å². The van der Waals surface area contributed by atoms with E-state index in [0.717, 1.165) is 0 Å². The summed E-state index contributed by atoms with van der Waals surface area (Å²) < 4.78 is 25.9. The molecule has 1 aliphatic rings. The van der Waals surface area contributed by atoms with Crippen LogP contribution < -0.4 is 5.73 Å². The van der Waals surface area contributed by atoms with Crippen molar-refractivity contribution in [3.63, 3.8) is 0 Å². The van der Waals surface area contributed by atoms with Gasteiger partial charge in [-0.1, -0.05) is 12.1 Å². The van der Waals surface area contributed by atoms with Gasteiger partial charge in [-0.05, 0) is 17.7 Å². The van der Waals surface area contributed by atoms with E-state index in [2.05, 4.69) is 0 Å². The summed E-state index contributed by atoms with van der Waals surface area (Å²) in [6.07, 6.45) is 0.346. The van der Waals surface area contributed by atoms with E-state index in [1.165, 1.54) is 24.3 Å². The van der Waals surface area contributed by atoms with E-state index in [1.807, 2.05) is 0 Å². The second kappa shape index (κ2) is 3.24. The Morgan fingerprint density at radius 2 is 1.77 bits per heavy atom. The predicted octanol–water partition coefficient (Wildman–Crippen LogP) is 2.14. The first-order valence-corrected chi connectivity index (χ1v) is 3.83. The molecule has 2 N–H and O–H groups in total. The highest BCUT2D eigenvalue weighted by molar-refractivity contribution is 5.85. The fraction of sp³-hybridized carbons (Fsp3) is 0.333. The molecular formula is C9H10ClF2N. The number of halogens is 3. The molecule has 0 unspecified atom stereocenters. The van der Waals surface area contributed by atoms with Crippen molar-refractivity contribution in [2.24, 2.45) is 5.73 Å². The number of hydrogen-bond donors (Lipinski definition) is 1. The molecule has 0 saturated heterocycles. The lowest BCUT2D eigenvalue weighted by Crippen LogP contribution is -2.12. The maximum atomic E-state index is 13.5. The van der Waals surface area contributed by atoms with Gasteiger partial charge in [0.2, 0.25) is 0 Å². The van der Waals surface area contributed by atoms with Crippen LogP contribution in [0.25, 0.3) is 0 Å². The molecule has 0 aliphatic heterocycles. The average Bonchev–Trinajstić information content (AvgIpc) is 2.62. The van der Waals surface area contributed by atoms with Crippen LogP contribution in [0.4, 0.5) is 8.78 Å². The summed E-state index contributed by atoms with van der Waals surface area (Å²) >= 11 is 0. The largest absolute Gasteiger partial charge is 0.325 e. The van der Waals surface area contributed by atoms with E-state index in [1.54, 1.807) is 0 Å². The molecule has 1 saturated carbocycles. The number of alkyl halides is 1. The highest BCUT2D eigenvalue weighted by atomic mass is 35.5. The third-order valence-corrected chi connectivity index (χ3v) is 2.27. The molecule has 1 nitrogen and oxygen atoms in total. The summed E-state index contributed by atoms with van der Waals surface area (Å²) in [7, 11) is 0. The van der Waals surface area contributed by atoms with Crippen molar-refractivity contribution in [3.8, 4) is 0 Å². The summed E-state index contributed by atoms with van der Waals surface area (Å²) in [6, 6.07) is 4.98. The first-order chi connectivity index (χ1) is 5.63. The highest BCUT2D eigenvalue weighted by Crippen LogP contribution is 2.48. The van der Waals surface area contributed by atoms with E-state index in [0.29, 0.717) is 12.0 Å². The molecule has 2 rings (SSSR count). The minimum absolute atomic E-state index is 0. The minimum atomic E-state index is -1.40. The normalized spacial score (nSPS) is 30.8. The Bertz CT molecular complexity index is 301. The molecule has 13 heavy (non-hydrogen) atoms. The highest BCUT2D eigenvalue weighted by Gasteiger charge is 2.54. The molecule has 0 aromatic heterocycles. The summed E-state index contributed by atoms with van der Waals surface area (Å²) in [6.45, 7) is 0. The first-order valence-electron chi connectivity index (χ1n) is 3.83. The van der Waals surface area contributed by atoms with Gasteiger partial charge in [0, 0.05) is 12.5 Å². The molecule has 0 amide bonds. The van der Waals surface area contributed by atoms with E-state index >= 15 is 0 Å². The zero-order valence-corrected chi connectivity index (χ0v) is 7.65. The zero-order chi connectivity index (χ0) is 8.77. The maximum absolute atomic E-state index is 13.5. The van der Waals surface area contributed by atoms with Crippen LogP contribution in [0.5, 0.6) is 0 Å². The Kier molecular flexibility index (Phi) is 2.59. The van der Waals surface area contributed by atoms with Gasteiger partial charge in [0.1, 0.15) is 5.82 Å². The summed E-state index contributed by atoms with van der Waals surface area (Å²) in [4.78, 5) is 0. The molecule has 72 valence electrons. The predicted molar refractivity (Wildman–Crippen MR) is 49.0 cm³/mol. The van der Waals surface area contributed by atoms with E-state index in [-0.39, 0.29) is 18.2 Å². The lowest BCUT2D eigenvalue weighted by atomic mass is 10.1. The molecular weight excluding hydrogens is 196 g/mol. The second-order valence-corrected chi connectivity index (χ2v) is 3.18. The van der Waals surface area contributed by atoms with Crippen molar-refractivity contribution >= 4 is 12.4 Å². The molecule has 0 heterocycles. The number of rotatable bonds is 1. The van der Waals surface area contributed by atoms with Crippen molar-refractivity contribution < 1.29 is 8.78 Å². The van der Waals surface area contributed by atoms with Gasteiger partial charge in [0.05, 0.1) is 0 Å². The Balaban J connectivity index is 0.000000845. The van der Waals surface area contributed by atoms with Crippen LogP contribution in [0, 0.1) is 5.82 Å². The van der Waals surface area contributed by atoms with Crippen molar-refractivity contribution in [1.82, 2.24) is 0 Å². The lowest BCUT2D eigenvalue weighted by Gasteiger charge is -2.04. The van der Waals surface area contributed by atoms with Crippen molar-refractivity contribution in [1.29, 1.82) is 0 Å². The summed E-state index contributed by atoms with van der Waals surface area (Å²) in [5, 5.41) is 0. The first kappa shape index (κ1) is 10.4. The van der Waals surface area contributed by atoms with E-state index < -0.39 is 11.7 Å². The molecule has 1 aliphatic carbocycles. The molecule has 4 heteroatoms. The molecule has 2 atom stereocenters. The Morgan fingerprint density at radius 3 is 2.15 bits per heavy atom. The SMILES string of the molecule is Cl.N[C@H]1C[C@]1(F)c1ccc(F)cc1. The van der Waals surface area contributed by atoms with Gasteiger partial charge in [-0.2, -0.15) is 0 Å². The Morgan fingerprint density at radius 1 is 1.31 bits per heavy atom. The van der Waals surface area contributed by atoms with Crippen molar-refractivity contribution in [3.05, 3.63) is 35.6 Å². The Labute approximate surface area is 81.3 Å². The average molecular weight is 206 g/mol. The summed E-state index contributed by atoms with van der Waals surface area (Å²) in [5.41, 5.74) is 4.49. The smallest absolute Gasteiger partial charge is 0.152 e. The second-order valence-electron chi connectivity index (χ2n) is 3.18. The monoisotopic (exact) mass is 205 g/mol. The maximum Gasteiger partial charge on any atom is 0.152 e. The van der Waals surface area contributed by atoms with E-state index in [4.69, 9.17) is 5.73 Å². The fourth-order valence-electron chi connectivity index (χ4n) is 1.32. The van der Waals surface area contributed by atoms with Crippen LogP contribution in [-0.4, -0.2) is 6.04 Å². The third-order valence-electron chi connectivity index (χ3n) is 2.27. The van der Waals surface area contributed by atoms with Gasteiger partial charge in [-0.3, -0.25) is 0 Å². The van der Waals surface area contributed by atoms with Crippen LogP contribution in [0.1, 0.15) is 12.0 Å². The molecule has 0 radical (unpaired) electrons. The number of nitrogens with two attached hydrogens (primary N) is 1. The van der Waals surface area contributed by atoms with Crippen LogP contribution in [0.2, 0.25) is 0 Å². The molecule has 0 spiro atoms. The van der Waals surface area contributed by atoms with Crippen LogP contribution in [-0.2, 0) is 5.67 Å². The van der Waals surface area contributed by atoms with Gasteiger partial charge >= 0.3 is 0 Å². The number of hydrogen-bond acceptors (Lipinski definition) is 1. The topological polar surface area (TPSA) is 26.0 Å². The molecule has 1 aromatic carbocycles. The van der Waals surface area contributed by atoms with Gasteiger partial charge in [-0.15, -0.1) is 12.4 Å². The van der Waals surface area contributed by atoms with Crippen LogP contribution >= 0.6 is 12.4 Å². The van der Waals surface area contributed by atoms with Crippen LogP contribution in [0.3, 0.4) is 0 Å². The third kappa shape index (κ3) is 1.67. The Hall–Kier alpha value is -0.670. The van der Waals surface area contributed by atoms with Crippen LogP contribution in [0.15, 0.2) is 24.3 Å². The molecule has 1 aromatic rings. The van der Waals surface area contributed by atoms with Gasteiger partial charge in [-0.25, -0.2) is 8.78 Å². The van der Waals surface area contributed by atoms with Crippen molar-refractivity contribution in [2.75, 3.05) is 0 Å². The van der Waals surface area contributed by atoms with Gasteiger partial charge in [0.25, 0.3) is 0 Å². The molecule has 0 bridgehead atoms. The summed E-state index contributed by atoms with van der Waals surface area (Å²) in [5.74, 6) is -0.350. The lowest BCUT2D eigenvalue weighted by molar-refractivity contribution is 0.306. The number of benzene rings is 1.